The Bertz CT molecular complexity index is 496. The minimum Gasteiger partial charge on any atom is -0.493 e. The maximum absolute atomic E-state index is 11.7. The maximum Gasteiger partial charge on any atom is 0.314 e. The summed E-state index contributed by atoms with van der Waals surface area (Å²) in [6, 6.07) is 6.00. The quantitative estimate of drug-likeness (QED) is 0.710. The van der Waals surface area contributed by atoms with Crippen molar-refractivity contribution in [3.63, 3.8) is 0 Å². The van der Waals surface area contributed by atoms with Gasteiger partial charge in [0.2, 0.25) is 0 Å². The molecule has 1 heterocycles. The highest BCUT2D eigenvalue weighted by molar-refractivity contribution is 5.73. The van der Waals surface area contributed by atoms with Crippen molar-refractivity contribution in [2.24, 2.45) is 0 Å². The monoisotopic (exact) mass is 335 g/mol. The van der Waals surface area contributed by atoms with Crippen LogP contribution < -0.4 is 15.4 Å². The van der Waals surface area contributed by atoms with Crippen LogP contribution in [0.1, 0.15) is 17.5 Å². The number of aryl methyl sites for hydroxylation is 2. The molecule has 0 saturated carbocycles. The molecule has 0 unspecified atom stereocenters. The first kappa shape index (κ1) is 18.5. The van der Waals surface area contributed by atoms with E-state index in [1.54, 1.807) is 0 Å². The zero-order chi connectivity index (χ0) is 17.2. The summed E-state index contributed by atoms with van der Waals surface area (Å²) in [6.07, 6.45) is 0.782. The van der Waals surface area contributed by atoms with Gasteiger partial charge in [-0.05, 0) is 31.4 Å². The molecule has 1 fully saturated rings. The van der Waals surface area contributed by atoms with Crippen LogP contribution >= 0.6 is 0 Å². The van der Waals surface area contributed by atoms with Crippen molar-refractivity contribution in [1.82, 2.24) is 15.5 Å². The first-order valence-electron chi connectivity index (χ1n) is 8.67. The molecule has 6 nitrogen and oxygen atoms in total. The van der Waals surface area contributed by atoms with Gasteiger partial charge >= 0.3 is 6.03 Å². The number of carbonyl (C=O) groups excluding carboxylic acids is 1. The Morgan fingerprint density at radius 1 is 1.17 bits per heavy atom. The third-order valence-electron chi connectivity index (χ3n) is 4.08. The zero-order valence-corrected chi connectivity index (χ0v) is 14.8. The van der Waals surface area contributed by atoms with E-state index in [1.165, 1.54) is 0 Å². The van der Waals surface area contributed by atoms with Crippen LogP contribution in [0.5, 0.6) is 5.75 Å². The Morgan fingerprint density at radius 3 is 2.54 bits per heavy atom. The highest BCUT2D eigenvalue weighted by Gasteiger charge is 2.10. The number of carbonyl (C=O) groups is 1. The number of hydrogen-bond donors (Lipinski definition) is 2. The number of urea groups is 1. The summed E-state index contributed by atoms with van der Waals surface area (Å²) >= 11 is 0. The molecule has 1 aromatic carbocycles. The fourth-order valence-electron chi connectivity index (χ4n) is 2.69. The topological polar surface area (TPSA) is 62.8 Å². The van der Waals surface area contributed by atoms with Gasteiger partial charge in [-0.25, -0.2) is 4.79 Å². The third-order valence-corrected chi connectivity index (χ3v) is 4.08. The number of rotatable bonds is 8. The van der Waals surface area contributed by atoms with Crippen LogP contribution in [0, 0.1) is 13.8 Å². The Kier molecular flexibility index (Phi) is 7.85. The van der Waals surface area contributed by atoms with Gasteiger partial charge in [0.05, 0.1) is 19.8 Å². The first-order chi connectivity index (χ1) is 11.7. The Morgan fingerprint density at radius 2 is 1.83 bits per heavy atom. The van der Waals surface area contributed by atoms with E-state index in [4.69, 9.17) is 9.47 Å². The average molecular weight is 335 g/mol. The van der Waals surface area contributed by atoms with E-state index in [0.717, 1.165) is 56.1 Å². The molecule has 1 saturated heterocycles. The number of para-hydroxylation sites is 1. The predicted molar refractivity (Wildman–Crippen MR) is 94.7 cm³/mol. The second-order valence-electron chi connectivity index (χ2n) is 6.06. The van der Waals surface area contributed by atoms with Gasteiger partial charge < -0.3 is 20.1 Å². The molecule has 6 heteroatoms. The number of ether oxygens (including phenoxy) is 2. The van der Waals surface area contributed by atoms with E-state index in [2.05, 4.69) is 15.5 Å². The number of morpholine rings is 1. The largest absolute Gasteiger partial charge is 0.493 e. The lowest BCUT2D eigenvalue weighted by molar-refractivity contribution is 0.0387. The van der Waals surface area contributed by atoms with Crippen molar-refractivity contribution in [2.45, 2.75) is 20.3 Å². The summed E-state index contributed by atoms with van der Waals surface area (Å²) in [5.74, 6) is 0.951. The smallest absolute Gasteiger partial charge is 0.314 e. The summed E-state index contributed by atoms with van der Waals surface area (Å²) in [6.45, 7) is 10.3. The van der Waals surface area contributed by atoms with Gasteiger partial charge in [0, 0.05) is 32.7 Å². The fraction of sp³-hybridized carbons (Fsp3) is 0.611. The van der Waals surface area contributed by atoms with E-state index in [1.807, 2.05) is 32.0 Å². The molecule has 24 heavy (non-hydrogen) atoms. The summed E-state index contributed by atoms with van der Waals surface area (Å²) in [5, 5.41) is 5.75. The fourth-order valence-corrected chi connectivity index (χ4v) is 2.69. The highest BCUT2D eigenvalue weighted by Crippen LogP contribution is 2.22. The van der Waals surface area contributed by atoms with E-state index in [-0.39, 0.29) is 6.03 Å². The number of nitrogens with one attached hydrogen (secondary N) is 2. The van der Waals surface area contributed by atoms with Gasteiger partial charge in [-0.2, -0.15) is 0 Å². The number of hydrogen-bond acceptors (Lipinski definition) is 4. The molecule has 2 rings (SSSR count). The molecule has 1 aliphatic rings. The number of nitrogens with zero attached hydrogens (tertiary/aromatic N) is 1. The molecular weight excluding hydrogens is 306 g/mol. The van der Waals surface area contributed by atoms with Crippen LogP contribution in [0.3, 0.4) is 0 Å². The van der Waals surface area contributed by atoms with Crippen LogP contribution in [0.15, 0.2) is 18.2 Å². The SMILES string of the molecule is Cc1cccc(C)c1OCCCNC(=O)NCCN1CCOCC1. The van der Waals surface area contributed by atoms with Crippen LogP contribution in [0.4, 0.5) is 4.79 Å². The Labute approximate surface area is 144 Å². The number of benzene rings is 1. The summed E-state index contributed by atoms with van der Waals surface area (Å²) < 4.78 is 11.1. The van der Waals surface area contributed by atoms with E-state index < -0.39 is 0 Å². The molecule has 0 atom stereocenters. The van der Waals surface area contributed by atoms with Gasteiger partial charge in [-0.3, -0.25) is 4.90 Å². The normalized spacial score (nSPS) is 15.1. The van der Waals surface area contributed by atoms with Crippen molar-refractivity contribution < 1.29 is 14.3 Å². The minimum atomic E-state index is -0.115. The Hall–Kier alpha value is -1.79. The van der Waals surface area contributed by atoms with Gasteiger partial charge in [-0.1, -0.05) is 18.2 Å². The van der Waals surface area contributed by atoms with Gasteiger partial charge in [0.25, 0.3) is 0 Å². The van der Waals surface area contributed by atoms with Gasteiger partial charge in [0.1, 0.15) is 5.75 Å². The standard InChI is InChI=1S/C18H29N3O3/c1-15-5-3-6-16(2)17(15)24-12-4-7-19-18(22)20-8-9-21-10-13-23-14-11-21/h3,5-6H,4,7-14H2,1-2H3,(H2,19,20,22). The molecule has 1 aromatic rings. The van der Waals surface area contributed by atoms with Crippen molar-refractivity contribution in [3.8, 4) is 5.75 Å². The Balaban J connectivity index is 1.51. The molecule has 2 N–H and O–H groups in total. The second kappa shape index (κ2) is 10.2. The predicted octanol–water partition coefficient (Wildman–Crippen LogP) is 1.70. The molecule has 134 valence electrons. The summed E-state index contributed by atoms with van der Waals surface area (Å²) in [5.41, 5.74) is 2.28. The van der Waals surface area contributed by atoms with Crippen LogP contribution in [0.2, 0.25) is 0 Å². The number of amides is 2. The zero-order valence-electron chi connectivity index (χ0n) is 14.8. The van der Waals surface area contributed by atoms with Crippen LogP contribution in [-0.4, -0.2) is 63.5 Å². The van der Waals surface area contributed by atoms with Crippen LogP contribution in [0.25, 0.3) is 0 Å². The summed E-state index contributed by atoms with van der Waals surface area (Å²) in [7, 11) is 0. The average Bonchev–Trinajstić information content (AvgIpc) is 2.58. The molecule has 0 spiro atoms. The van der Waals surface area contributed by atoms with Crippen molar-refractivity contribution in [1.29, 1.82) is 0 Å². The van der Waals surface area contributed by atoms with Crippen molar-refractivity contribution in [3.05, 3.63) is 29.3 Å². The maximum atomic E-state index is 11.7. The van der Waals surface area contributed by atoms with Gasteiger partial charge in [-0.15, -0.1) is 0 Å². The molecule has 0 aliphatic carbocycles. The second-order valence-corrected chi connectivity index (χ2v) is 6.06. The lowest BCUT2D eigenvalue weighted by atomic mass is 10.1. The third kappa shape index (κ3) is 6.37. The molecule has 0 radical (unpaired) electrons. The van der Waals surface area contributed by atoms with E-state index >= 15 is 0 Å². The van der Waals surface area contributed by atoms with Gasteiger partial charge in [0.15, 0.2) is 0 Å². The lowest BCUT2D eigenvalue weighted by Gasteiger charge is -2.26. The van der Waals surface area contributed by atoms with Crippen molar-refractivity contribution >= 4 is 6.03 Å². The molecule has 2 amide bonds. The lowest BCUT2D eigenvalue weighted by Crippen LogP contribution is -2.44. The molecule has 0 aromatic heterocycles. The molecular formula is C18H29N3O3. The highest BCUT2D eigenvalue weighted by atomic mass is 16.5. The van der Waals surface area contributed by atoms with Crippen LogP contribution in [-0.2, 0) is 4.74 Å². The van der Waals surface area contributed by atoms with E-state index in [0.29, 0.717) is 19.7 Å². The molecule has 1 aliphatic heterocycles. The van der Waals surface area contributed by atoms with Crippen molar-refractivity contribution in [2.75, 3.05) is 52.5 Å². The molecule has 0 bridgehead atoms. The van der Waals surface area contributed by atoms with E-state index in [9.17, 15) is 4.79 Å². The first-order valence-corrected chi connectivity index (χ1v) is 8.67. The minimum absolute atomic E-state index is 0.115. The summed E-state index contributed by atoms with van der Waals surface area (Å²) in [4.78, 5) is 14.0.